The quantitative estimate of drug-likeness (QED) is 0.668. The Kier molecular flexibility index (Phi) is 4.02. The minimum absolute atomic E-state index is 0.325. The lowest BCUT2D eigenvalue weighted by Gasteiger charge is -2.24. The van der Waals surface area contributed by atoms with Gasteiger partial charge in [0, 0.05) is 13.6 Å². The Bertz CT molecular complexity index is 166. The molecule has 0 aromatic rings. The van der Waals surface area contributed by atoms with Crippen LogP contribution in [0.1, 0.15) is 19.3 Å². The summed E-state index contributed by atoms with van der Waals surface area (Å²) in [6.07, 6.45) is 3.54. The van der Waals surface area contributed by atoms with E-state index in [0.717, 1.165) is 32.0 Å². The number of carbonyl (C=O) groups is 1. The van der Waals surface area contributed by atoms with Crippen LogP contribution in [0.3, 0.4) is 0 Å². The fourth-order valence-electron chi connectivity index (χ4n) is 1.66. The topological polar surface area (TPSA) is 58.4 Å². The summed E-state index contributed by atoms with van der Waals surface area (Å²) in [7, 11) is 1.75. The van der Waals surface area contributed by atoms with Crippen LogP contribution in [0, 0.1) is 5.92 Å². The maximum absolute atomic E-state index is 10.7. The highest BCUT2D eigenvalue weighted by Gasteiger charge is 2.14. The van der Waals surface area contributed by atoms with E-state index >= 15 is 0 Å². The van der Waals surface area contributed by atoms with Crippen molar-refractivity contribution in [3.63, 3.8) is 0 Å². The highest BCUT2D eigenvalue weighted by molar-refractivity contribution is 5.71. The largest absolute Gasteiger partial charge is 0.351 e. The van der Waals surface area contributed by atoms with E-state index in [0.29, 0.717) is 0 Å². The van der Waals surface area contributed by atoms with Gasteiger partial charge in [-0.15, -0.1) is 0 Å². The second kappa shape index (κ2) is 5.07. The molecule has 2 amide bonds. The molecule has 1 rings (SSSR count). The second-order valence-corrected chi connectivity index (χ2v) is 3.74. The predicted octanol–water partition coefficient (Wildman–Crippen LogP) is 0.387. The number of amides is 2. The van der Waals surface area contributed by atoms with E-state index in [-0.39, 0.29) is 6.03 Å². The van der Waals surface area contributed by atoms with Gasteiger partial charge in [0.1, 0.15) is 0 Å². The average molecular weight is 185 g/mol. The monoisotopic (exact) mass is 185 g/mol. The summed E-state index contributed by atoms with van der Waals surface area (Å²) in [6, 6.07) is -0.325. The first-order valence-electron chi connectivity index (χ1n) is 4.91. The molecule has 1 aliphatic rings. The van der Waals surface area contributed by atoms with Gasteiger partial charge >= 0.3 is 6.03 Å². The summed E-state index contributed by atoms with van der Waals surface area (Å²) in [5, 5.41) is 3.32. The lowest BCUT2D eigenvalue weighted by molar-refractivity contribution is 0.212. The van der Waals surface area contributed by atoms with Crippen molar-refractivity contribution in [1.82, 2.24) is 10.2 Å². The maximum Gasteiger partial charge on any atom is 0.314 e. The maximum atomic E-state index is 10.7. The number of hydrogen-bond donors (Lipinski definition) is 2. The van der Waals surface area contributed by atoms with Crippen molar-refractivity contribution >= 4 is 6.03 Å². The van der Waals surface area contributed by atoms with Gasteiger partial charge in [-0.3, -0.25) is 0 Å². The van der Waals surface area contributed by atoms with Crippen molar-refractivity contribution in [2.45, 2.75) is 19.3 Å². The Morgan fingerprint density at radius 1 is 1.54 bits per heavy atom. The number of nitrogens with one attached hydrogen (secondary N) is 1. The van der Waals surface area contributed by atoms with E-state index in [1.807, 2.05) is 0 Å². The van der Waals surface area contributed by atoms with Gasteiger partial charge < -0.3 is 16.0 Å². The molecular weight excluding hydrogens is 166 g/mol. The van der Waals surface area contributed by atoms with E-state index in [1.165, 1.54) is 12.8 Å². The summed E-state index contributed by atoms with van der Waals surface area (Å²) < 4.78 is 0. The fraction of sp³-hybridized carbons (Fsp3) is 0.889. The first-order valence-corrected chi connectivity index (χ1v) is 4.91. The van der Waals surface area contributed by atoms with Gasteiger partial charge in [0.2, 0.25) is 0 Å². The summed E-state index contributed by atoms with van der Waals surface area (Å²) in [5.41, 5.74) is 5.13. The van der Waals surface area contributed by atoms with Gasteiger partial charge in [0.25, 0.3) is 0 Å². The summed E-state index contributed by atoms with van der Waals surface area (Å²) in [5.74, 6) is 0.767. The van der Waals surface area contributed by atoms with Crippen LogP contribution < -0.4 is 11.1 Å². The second-order valence-electron chi connectivity index (χ2n) is 3.74. The molecule has 4 heteroatoms. The van der Waals surface area contributed by atoms with Crippen LogP contribution in [0.4, 0.5) is 4.79 Å². The van der Waals surface area contributed by atoms with Gasteiger partial charge in [0.05, 0.1) is 0 Å². The van der Waals surface area contributed by atoms with Crippen LogP contribution >= 0.6 is 0 Å². The number of nitrogens with two attached hydrogens (primary N) is 1. The lowest BCUT2D eigenvalue weighted by Crippen LogP contribution is -2.35. The minimum Gasteiger partial charge on any atom is -0.351 e. The van der Waals surface area contributed by atoms with E-state index in [2.05, 4.69) is 5.32 Å². The average Bonchev–Trinajstić information content (AvgIpc) is 2.15. The molecule has 0 spiro atoms. The van der Waals surface area contributed by atoms with Gasteiger partial charge in [-0.2, -0.15) is 0 Å². The number of primary amides is 1. The van der Waals surface area contributed by atoms with Crippen LogP contribution in [0.5, 0.6) is 0 Å². The molecule has 3 N–H and O–H groups in total. The summed E-state index contributed by atoms with van der Waals surface area (Å²) >= 11 is 0. The highest BCUT2D eigenvalue weighted by Crippen LogP contribution is 2.15. The van der Waals surface area contributed by atoms with Gasteiger partial charge in [-0.05, 0) is 38.3 Å². The van der Waals surface area contributed by atoms with Gasteiger partial charge in [-0.1, -0.05) is 0 Å². The Balaban J connectivity index is 2.13. The molecule has 0 bridgehead atoms. The molecule has 4 nitrogen and oxygen atoms in total. The highest BCUT2D eigenvalue weighted by atomic mass is 16.2. The van der Waals surface area contributed by atoms with Gasteiger partial charge in [0.15, 0.2) is 0 Å². The van der Waals surface area contributed by atoms with Crippen molar-refractivity contribution in [3.05, 3.63) is 0 Å². The van der Waals surface area contributed by atoms with Crippen molar-refractivity contribution in [2.24, 2.45) is 11.7 Å². The van der Waals surface area contributed by atoms with E-state index in [4.69, 9.17) is 5.73 Å². The standard InChI is InChI=1S/C9H19N3O/c1-12(9(10)13)7-4-8-2-5-11-6-3-8/h8,11H,2-7H2,1H3,(H2,10,13). The Morgan fingerprint density at radius 2 is 2.15 bits per heavy atom. The third-order valence-electron chi connectivity index (χ3n) is 2.71. The zero-order valence-corrected chi connectivity index (χ0v) is 8.25. The number of rotatable bonds is 3. The summed E-state index contributed by atoms with van der Waals surface area (Å²) in [4.78, 5) is 12.3. The van der Waals surface area contributed by atoms with Crippen molar-refractivity contribution in [1.29, 1.82) is 0 Å². The Morgan fingerprint density at radius 3 is 2.69 bits per heavy atom. The molecule has 1 fully saturated rings. The van der Waals surface area contributed by atoms with Crippen LogP contribution in [0.25, 0.3) is 0 Å². The Hall–Kier alpha value is -0.770. The van der Waals surface area contributed by atoms with E-state index in [1.54, 1.807) is 11.9 Å². The molecular formula is C9H19N3O. The summed E-state index contributed by atoms with van der Waals surface area (Å²) in [6.45, 7) is 3.02. The van der Waals surface area contributed by atoms with Crippen LogP contribution in [-0.4, -0.2) is 37.6 Å². The van der Waals surface area contributed by atoms with Crippen LogP contribution in [0.2, 0.25) is 0 Å². The van der Waals surface area contributed by atoms with Crippen molar-refractivity contribution < 1.29 is 4.79 Å². The van der Waals surface area contributed by atoms with Crippen molar-refractivity contribution in [3.8, 4) is 0 Å². The number of urea groups is 1. The molecule has 1 heterocycles. The predicted molar refractivity (Wildman–Crippen MR) is 52.4 cm³/mol. The van der Waals surface area contributed by atoms with E-state index in [9.17, 15) is 4.79 Å². The third-order valence-corrected chi connectivity index (χ3v) is 2.71. The molecule has 1 saturated heterocycles. The molecule has 0 atom stereocenters. The Labute approximate surface area is 79.5 Å². The fourth-order valence-corrected chi connectivity index (χ4v) is 1.66. The van der Waals surface area contributed by atoms with Crippen molar-refractivity contribution in [2.75, 3.05) is 26.7 Å². The molecule has 0 aromatic carbocycles. The first-order chi connectivity index (χ1) is 6.20. The third kappa shape index (κ3) is 3.63. The molecule has 1 aliphatic heterocycles. The van der Waals surface area contributed by atoms with Crippen LogP contribution in [-0.2, 0) is 0 Å². The van der Waals surface area contributed by atoms with Crippen LogP contribution in [0.15, 0.2) is 0 Å². The smallest absolute Gasteiger partial charge is 0.314 e. The minimum atomic E-state index is -0.325. The van der Waals surface area contributed by atoms with Gasteiger partial charge in [-0.25, -0.2) is 4.79 Å². The normalized spacial score (nSPS) is 18.5. The molecule has 0 aliphatic carbocycles. The zero-order chi connectivity index (χ0) is 9.68. The van der Waals surface area contributed by atoms with E-state index < -0.39 is 0 Å². The molecule has 0 radical (unpaired) electrons. The number of hydrogen-bond acceptors (Lipinski definition) is 2. The zero-order valence-electron chi connectivity index (χ0n) is 8.25. The molecule has 0 unspecified atom stereocenters. The number of carbonyl (C=O) groups excluding carboxylic acids is 1. The molecule has 0 saturated carbocycles. The molecule has 0 aromatic heterocycles. The first kappa shape index (κ1) is 10.3. The molecule has 76 valence electrons. The number of nitrogens with zero attached hydrogens (tertiary/aromatic N) is 1. The molecule has 13 heavy (non-hydrogen) atoms. The SMILES string of the molecule is CN(CCC1CCNCC1)C(N)=O. The lowest BCUT2D eigenvalue weighted by atomic mass is 9.94. The number of piperidine rings is 1.